The van der Waals surface area contributed by atoms with Crippen LogP contribution in [0, 0.1) is 17.8 Å². The first-order chi connectivity index (χ1) is 15.3. The molecule has 5 nitrogen and oxygen atoms in total. The average Bonchev–Trinajstić information content (AvgIpc) is 3.21. The van der Waals surface area contributed by atoms with Gasteiger partial charge in [0.25, 0.3) is 0 Å². The second kappa shape index (κ2) is 10.7. The van der Waals surface area contributed by atoms with Crippen LogP contribution in [0.5, 0.6) is 5.75 Å². The first-order valence-corrected chi connectivity index (χ1v) is 14.9. The molecule has 0 saturated heterocycles. The Kier molecular flexibility index (Phi) is 8.02. The molecule has 1 aliphatic rings. The Morgan fingerprint density at radius 3 is 2.31 bits per heavy atom. The van der Waals surface area contributed by atoms with Gasteiger partial charge < -0.3 is 14.3 Å². The first kappa shape index (κ1) is 23.9. The molecule has 3 rings (SSSR count). The molecule has 0 N–H and O–H groups in total. The van der Waals surface area contributed by atoms with Gasteiger partial charge in [-0.15, -0.1) is 0 Å². The number of hydrogen-bond donors (Lipinski definition) is 0. The highest BCUT2D eigenvalue weighted by Crippen LogP contribution is 2.39. The maximum absolute atomic E-state index is 13.2. The van der Waals surface area contributed by atoms with Gasteiger partial charge >= 0.3 is 5.97 Å². The summed E-state index contributed by atoms with van der Waals surface area (Å²) in [6, 6.07) is 17.7. The molecule has 0 amide bonds. The third kappa shape index (κ3) is 6.39. The summed E-state index contributed by atoms with van der Waals surface area (Å²) >= 11 is 0. The first-order valence-electron chi connectivity index (χ1n) is 11.2. The number of ether oxygens (including phenoxy) is 2. The number of esters is 1. The van der Waals surface area contributed by atoms with Crippen LogP contribution in [0.1, 0.15) is 28.8 Å². The molecule has 32 heavy (non-hydrogen) atoms. The fourth-order valence-corrected chi connectivity index (χ4v) is 4.75. The van der Waals surface area contributed by atoms with Gasteiger partial charge in [0.15, 0.2) is 5.78 Å². The number of aldehydes is 1. The van der Waals surface area contributed by atoms with Crippen LogP contribution in [-0.4, -0.2) is 32.7 Å². The minimum Gasteiger partial charge on any atom is -0.489 e. The normalized spacial score (nSPS) is 20.5. The summed E-state index contributed by atoms with van der Waals surface area (Å²) in [4.78, 5) is 37.5. The standard InChI is InChI=1S/C26H32O5Si/c1-32(2,3)16-15-30-26(29)24-21(17-27)11-14-23(24)25(28)20-9-12-22(13-10-20)31-18-19-7-5-4-6-8-19/h4-10,12-13,17,21,23-24H,11,14-16,18H2,1-3H3. The van der Waals surface area contributed by atoms with Gasteiger partial charge in [-0.3, -0.25) is 9.59 Å². The van der Waals surface area contributed by atoms with Crippen LogP contribution in [0.25, 0.3) is 0 Å². The molecular weight excluding hydrogens is 420 g/mol. The lowest BCUT2D eigenvalue weighted by Crippen LogP contribution is -2.33. The van der Waals surface area contributed by atoms with Gasteiger partial charge in [0, 0.05) is 25.5 Å². The van der Waals surface area contributed by atoms with Crippen LogP contribution >= 0.6 is 0 Å². The molecule has 1 aliphatic carbocycles. The molecule has 3 unspecified atom stereocenters. The molecule has 0 radical (unpaired) electrons. The molecule has 1 saturated carbocycles. The molecular formula is C26H32O5Si. The van der Waals surface area contributed by atoms with Crippen molar-refractivity contribution in [2.45, 2.75) is 45.1 Å². The van der Waals surface area contributed by atoms with Crippen molar-refractivity contribution in [2.75, 3.05) is 6.61 Å². The van der Waals surface area contributed by atoms with Crippen molar-refractivity contribution < 1.29 is 23.9 Å². The number of hydrogen-bond acceptors (Lipinski definition) is 5. The van der Waals surface area contributed by atoms with Crippen LogP contribution in [0.4, 0.5) is 0 Å². The third-order valence-corrected chi connectivity index (χ3v) is 7.68. The van der Waals surface area contributed by atoms with Gasteiger partial charge in [-0.2, -0.15) is 0 Å². The molecule has 0 spiro atoms. The molecule has 0 aliphatic heterocycles. The Bertz CT molecular complexity index is 917. The quantitative estimate of drug-likeness (QED) is 0.215. The number of Topliss-reactive ketones (excluding diaryl/α,β-unsaturated/α-hetero) is 1. The monoisotopic (exact) mass is 452 g/mol. The predicted octanol–water partition coefficient (Wildman–Crippen LogP) is 5.17. The zero-order valence-electron chi connectivity index (χ0n) is 19.1. The van der Waals surface area contributed by atoms with Crippen molar-refractivity contribution >= 4 is 26.1 Å². The highest BCUT2D eigenvalue weighted by Gasteiger charge is 2.45. The van der Waals surface area contributed by atoms with Gasteiger partial charge in [-0.25, -0.2) is 0 Å². The number of carbonyl (C=O) groups is 3. The molecule has 2 aromatic rings. The zero-order chi connectivity index (χ0) is 23.1. The van der Waals surface area contributed by atoms with E-state index in [1.807, 2.05) is 30.3 Å². The Hall–Kier alpha value is -2.73. The molecule has 170 valence electrons. The van der Waals surface area contributed by atoms with Crippen molar-refractivity contribution in [1.29, 1.82) is 0 Å². The summed E-state index contributed by atoms with van der Waals surface area (Å²) in [5.74, 6) is -1.55. The SMILES string of the molecule is C[Si](C)(C)CCOC(=O)C1C(C=O)CCC1C(=O)c1ccc(OCc2ccccc2)cc1. The van der Waals surface area contributed by atoms with Crippen molar-refractivity contribution in [3.63, 3.8) is 0 Å². The number of rotatable bonds is 10. The van der Waals surface area contributed by atoms with E-state index in [0.717, 1.165) is 17.9 Å². The van der Waals surface area contributed by atoms with E-state index in [1.165, 1.54) is 0 Å². The van der Waals surface area contributed by atoms with Gasteiger partial charge in [0.1, 0.15) is 18.6 Å². The highest BCUT2D eigenvalue weighted by atomic mass is 28.3. The van der Waals surface area contributed by atoms with E-state index < -0.39 is 31.8 Å². The lowest BCUT2D eigenvalue weighted by atomic mass is 9.85. The van der Waals surface area contributed by atoms with Crippen LogP contribution in [0.3, 0.4) is 0 Å². The van der Waals surface area contributed by atoms with Crippen molar-refractivity contribution in [3.8, 4) is 5.75 Å². The molecule has 6 heteroatoms. The summed E-state index contributed by atoms with van der Waals surface area (Å²) < 4.78 is 11.3. The second-order valence-electron chi connectivity index (χ2n) is 9.65. The van der Waals surface area contributed by atoms with Crippen LogP contribution in [0.15, 0.2) is 54.6 Å². The summed E-state index contributed by atoms with van der Waals surface area (Å²) in [6.45, 7) is 7.44. The molecule has 3 atom stereocenters. The van der Waals surface area contributed by atoms with Gasteiger partial charge in [-0.1, -0.05) is 50.0 Å². The lowest BCUT2D eigenvalue weighted by Gasteiger charge is -2.21. The van der Waals surface area contributed by atoms with Gasteiger partial charge in [0.05, 0.1) is 12.5 Å². The Morgan fingerprint density at radius 1 is 1.00 bits per heavy atom. The molecule has 0 bridgehead atoms. The molecule has 0 heterocycles. The van der Waals surface area contributed by atoms with Gasteiger partial charge in [0.2, 0.25) is 0 Å². The highest BCUT2D eigenvalue weighted by molar-refractivity contribution is 6.76. The van der Waals surface area contributed by atoms with E-state index in [-0.39, 0.29) is 5.78 Å². The number of carbonyl (C=O) groups excluding carboxylic acids is 3. The van der Waals surface area contributed by atoms with E-state index in [0.29, 0.717) is 37.4 Å². The summed E-state index contributed by atoms with van der Waals surface area (Å²) in [5.41, 5.74) is 1.59. The minimum atomic E-state index is -1.34. The van der Waals surface area contributed by atoms with Crippen molar-refractivity contribution in [2.24, 2.45) is 17.8 Å². The smallest absolute Gasteiger partial charge is 0.310 e. The van der Waals surface area contributed by atoms with E-state index in [9.17, 15) is 14.4 Å². The molecule has 1 fully saturated rings. The minimum absolute atomic E-state index is 0.115. The zero-order valence-corrected chi connectivity index (χ0v) is 20.1. The van der Waals surface area contributed by atoms with Crippen LogP contribution in [0.2, 0.25) is 25.7 Å². The lowest BCUT2D eigenvalue weighted by molar-refractivity contribution is -0.151. The van der Waals surface area contributed by atoms with E-state index >= 15 is 0 Å². The predicted molar refractivity (Wildman–Crippen MR) is 126 cm³/mol. The summed E-state index contributed by atoms with van der Waals surface area (Å²) in [7, 11) is -1.34. The van der Waals surface area contributed by atoms with E-state index in [1.54, 1.807) is 24.3 Å². The maximum atomic E-state index is 13.2. The van der Waals surface area contributed by atoms with E-state index in [2.05, 4.69) is 19.6 Å². The van der Waals surface area contributed by atoms with Crippen LogP contribution < -0.4 is 4.74 Å². The molecule has 2 aromatic carbocycles. The second-order valence-corrected chi connectivity index (χ2v) is 15.3. The van der Waals surface area contributed by atoms with Crippen molar-refractivity contribution in [1.82, 2.24) is 0 Å². The molecule has 0 aromatic heterocycles. The Balaban J connectivity index is 1.63. The summed E-state index contributed by atoms with van der Waals surface area (Å²) in [5, 5.41) is 0. The Morgan fingerprint density at radius 2 is 1.69 bits per heavy atom. The number of benzene rings is 2. The fourth-order valence-electron chi connectivity index (χ4n) is 4.04. The average molecular weight is 453 g/mol. The number of ketones is 1. The fraction of sp³-hybridized carbons (Fsp3) is 0.423. The van der Waals surface area contributed by atoms with Crippen LogP contribution in [-0.2, 0) is 20.9 Å². The maximum Gasteiger partial charge on any atom is 0.310 e. The van der Waals surface area contributed by atoms with Crippen molar-refractivity contribution in [3.05, 3.63) is 65.7 Å². The largest absolute Gasteiger partial charge is 0.489 e. The summed E-state index contributed by atoms with van der Waals surface area (Å²) in [6.07, 6.45) is 1.85. The third-order valence-electron chi connectivity index (χ3n) is 5.97. The topological polar surface area (TPSA) is 69.7 Å². The van der Waals surface area contributed by atoms with Gasteiger partial charge in [-0.05, 0) is 48.7 Å². The van der Waals surface area contributed by atoms with E-state index in [4.69, 9.17) is 9.47 Å². The Labute approximate surface area is 191 Å².